The van der Waals surface area contributed by atoms with Crippen molar-refractivity contribution in [3.8, 4) is 0 Å². The number of rotatable bonds is 2. The molecule has 1 saturated heterocycles. The molecule has 8 heteroatoms. The van der Waals surface area contributed by atoms with Crippen LogP contribution in [0, 0.1) is 12.7 Å². The number of aryl methyl sites for hydroxylation is 1. The van der Waals surface area contributed by atoms with Gasteiger partial charge >= 0.3 is 6.03 Å². The van der Waals surface area contributed by atoms with Crippen LogP contribution in [0.25, 0.3) is 0 Å². The molecule has 1 atom stereocenters. The van der Waals surface area contributed by atoms with Crippen molar-refractivity contribution in [3.05, 3.63) is 57.0 Å². The van der Waals surface area contributed by atoms with Crippen LogP contribution in [0.5, 0.6) is 0 Å². The third-order valence-corrected chi connectivity index (χ3v) is 4.51. The number of likely N-dealkylation sites (tertiary alicyclic amines) is 1. The van der Waals surface area contributed by atoms with E-state index in [-0.39, 0.29) is 28.2 Å². The van der Waals surface area contributed by atoms with Gasteiger partial charge < -0.3 is 15.2 Å². The zero-order valence-corrected chi connectivity index (χ0v) is 14.4. The van der Waals surface area contributed by atoms with Gasteiger partial charge in [-0.25, -0.2) is 14.2 Å². The number of benzene rings is 1. The number of nitrogens with one attached hydrogen (secondary N) is 2. The molecule has 0 unspecified atom stereocenters. The van der Waals surface area contributed by atoms with Gasteiger partial charge in [0, 0.05) is 25.1 Å². The Morgan fingerprint density at radius 1 is 1.44 bits per heavy atom. The number of anilines is 1. The van der Waals surface area contributed by atoms with Crippen LogP contribution in [-0.2, 0) is 0 Å². The minimum absolute atomic E-state index is 0.0107. The van der Waals surface area contributed by atoms with E-state index in [0.29, 0.717) is 24.6 Å². The van der Waals surface area contributed by atoms with Gasteiger partial charge in [-0.1, -0.05) is 11.6 Å². The normalized spacial score (nSPS) is 17.4. The molecule has 0 aliphatic carbocycles. The molecule has 0 radical (unpaired) electrons. The van der Waals surface area contributed by atoms with Gasteiger partial charge in [-0.2, -0.15) is 0 Å². The predicted octanol–water partition coefficient (Wildman–Crippen LogP) is 3.28. The molecule has 0 spiro atoms. The molecule has 1 aromatic carbocycles. The summed E-state index contributed by atoms with van der Waals surface area (Å²) >= 11 is 5.99. The van der Waals surface area contributed by atoms with Gasteiger partial charge in [0.2, 0.25) is 0 Å². The molecular formula is C17H18ClFN4O2. The summed E-state index contributed by atoms with van der Waals surface area (Å²) in [6.45, 7) is 2.75. The molecule has 2 N–H and O–H groups in total. The summed E-state index contributed by atoms with van der Waals surface area (Å²) in [4.78, 5) is 32.8. The maximum absolute atomic E-state index is 13.3. The standard InChI is InChI=1S/C17H18ClFN4O2/c1-10-20-14(8-16(24)21-10)11-3-2-6-23(9-11)17(25)22-15-7-12(19)4-5-13(15)18/h4-5,7-8,11H,2-3,6,9H2,1H3,(H,22,25)(H,20,21,24)/t11-/m0/s1. The number of H-pyrrole nitrogens is 1. The topological polar surface area (TPSA) is 78.1 Å². The zero-order valence-electron chi connectivity index (χ0n) is 13.7. The molecule has 25 heavy (non-hydrogen) atoms. The lowest BCUT2D eigenvalue weighted by Gasteiger charge is -2.32. The molecule has 1 fully saturated rings. The van der Waals surface area contributed by atoms with Gasteiger partial charge in [-0.15, -0.1) is 0 Å². The minimum Gasteiger partial charge on any atom is -0.324 e. The van der Waals surface area contributed by atoms with E-state index in [4.69, 9.17) is 11.6 Å². The van der Waals surface area contributed by atoms with Gasteiger partial charge in [-0.3, -0.25) is 4.79 Å². The molecule has 6 nitrogen and oxygen atoms in total. The summed E-state index contributed by atoms with van der Waals surface area (Å²) in [5.41, 5.74) is 0.720. The van der Waals surface area contributed by atoms with Gasteiger partial charge in [0.05, 0.1) is 16.4 Å². The van der Waals surface area contributed by atoms with Crippen molar-refractivity contribution in [2.24, 2.45) is 0 Å². The Morgan fingerprint density at radius 2 is 2.24 bits per heavy atom. The number of amides is 2. The van der Waals surface area contributed by atoms with Gasteiger partial charge in [-0.05, 0) is 38.0 Å². The second kappa shape index (κ2) is 7.23. The SMILES string of the molecule is Cc1nc([C@H]2CCCN(C(=O)Nc3cc(F)ccc3Cl)C2)cc(=O)[nH]1. The quantitative estimate of drug-likeness (QED) is 0.858. The molecule has 1 aromatic heterocycles. The second-order valence-corrected chi connectivity index (χ2v) is 6.50. The number of aromatic amines is 1. The van der Waals surface area contributed by atoms with Crippen molar-refractivity contribution in [2.45, 2.75) is 25.7 Å². The fourth-order valence-electron chi connectivity index (χ4n) is 3.00. The first-order valence-corrected chi connectivity index (χ1v) is 8.39. The molecule has 2 heterocycles. The van der Waals surface area contributed by atoms with Gasteiger partial charge in [0.25, 0.3) is 5.56 Å². The second-order valence-electron chi connectivity index (χ2n) is 6.10. The average molecular weight is 365 g/mol. The van der Waals surface area contributed by atoms with Crippen LogP contribution < -0.4 is 10.9 Å². The molecule has 2 amide bonds. The highest BCUT2D eigenvalue weighted by Gasteiger charge is 2.26. The van der Waals surface area contributed by atoms with Crippen molar-refractivity contribution in [1.82, 2.24) is 14.9 Å². The summed E-state index contributed by atoms with van der Waals surface area (Å²) in [5.74, 6) is 0.0681. The van der Waals surface area contributed by atoms with Crippen molar-refractivity contribution in [3.63, 3.8) is 0 Å². The average Bonchev–Trinajstić information content (AvgIpc) is 2.57. The van der Waals surface area contributed by atoms with E-state index < -0.39 is 5.82 Å². The lowest BCUT2D eigenvalue weighted by Crippen LogP contribution is -2.42. The van der Waals surface area contributed by atoms with Crippen LogP contribution in [0.4, 0.5) is 14.9 Å². The van der Waals surface area contributed by atoms with Crippen molar-refractivity contribution < 1.29 is 9.18 Å². The number of piperidine rings is 1. The number of carbonyl (C=O) groups excluding carboxylic acids is 1. The van der Waals surface area contributed by atoms with E-state index in [2.05, 4.69) is 15.3 Å². The summed E-state index contributed by atoms with van der Waals surface area (Å²) in [6, 6.07) is 4.94. The van der Waals surface area contributed by atoms with Crippen LogP contribution in [0.2, 0.25) is 5.02 Å². The van der Waals surface area contributed by atoms with E-state index in [1.165, 1.54) is 24.3 Å². The Kier molecular flexibility index (Phi) is 5.03. The largest absolute Gasteiger partial charge is 0.324 e. The summed E-state index contributed by atoms with van der Waals surface area (Å²) in [5, 5.41) is 2.92. The van der Waals surface area contributed by atoms with Crippen molar-refractivity contribution in [2.75, 3.05) is 18.4 Å². The van der Waals surface area contributed by atoms with Crippen molar-refractivity contribution in [1.29, 1.82) is 0 Å². The Bertz CT molecular complexity index is 855. The lowest BCUT2D eigenvalue weighted by molar-refractivity contribution is 0.192. The first kappa shape index (κ1) is 17.4. The molecule has 1 aliphatic heterocycles. The van der Waals surface area contributed by atoms with Gasteiger partial charge in [0.15, 0.2) is 0 Å². The summed E-state index contributed by atoms with van der Waals surface area (Å²) in [7, 11) is 0. The van der Waals surface area contributed by atoms with Crippen LogP contribution in [0.1, 0.15) is 30.3 Å². The molecule has 0 bridgehead atoms. The van der Waals surface area contributed by atoms with Crippen LogP contribution in [0.3, 0.4) is 0 Å². The van der Waals surface area contributed by atoms with E-state index >= 15 is 0 Å². The van der Waals surface area contributed by atoms with Crippen LogP contribution in [0.15, 0.2) is 29.1 Å². The number of urea groups is 1. The molecule has 3 rings (SSSR count). The van der Waals surface area contributed by atoms with Crippen LogP contribution in [-0.4, -0.2) is 34.0 Å². The first-order chi connectivity index (χ1) is 11.9. The van der Waals surface area contributed by atoms with E-state index in [0.717, 1.165) is 12.8 Å². The highest BCUT2D eigenvalue weighted by Crippen LogP contribution is 2.27. The fraction of sp³-hybridized carbons (Fsp3) is 0.353. The zero-order chi connectivity index (χ0) is 18.0. The molecule has 0 saturated carbocycles. The van der Waals surface area contributed by atoms with Crippen LogP contribution >= 0.6 is 11.6 Å². The third-order valence-electron chi connectivity index (χ3n) is 4.18. The smallest absolute Gasteiger partial charge is 0.321 e. The predicted molar refractivity (Wildman–Crippen MR) is 93.6 cm³/mol. The summed E-state index contributed by atoms with van der Waals surface area (Å²) < 4.78 is 13.3. The number of hydrogen-bond donors (Lipinski definition) is 2. The Labute approximate surface area is 149 Å². The van der Waals surface area contributed by atoms with Crippen molar-refractivity contribution >= 4 is 23.3 Å². The van der Waals surface area contributed by atoms with Gasteiger partial charge in [0.1, 0.15) is 11.6 Å². The number of carbonyl (C=O) groups is 1. The highest BCUT2D eigenvalue weighted by molar-refractivity contribution is 6.33. The first-order valence-electron chi connectivity index (χ1n) is 8.01. The lowest BCUT2D eigenvalue weighted by atomic mass is 9.94. The molecule has 1 aliphatic rings. The monoisotopic (exact) mass is 364 g/mol. The van der Waals surface area contributed by atoms with E-state index in [1.54, 1.807) is 11.8 Å². The number of nitrogens with zero attached hydrogens (tertiary/aromatic N) is 2. The number of aromatic nitrogens is 2. The fourth-order valence-corrected chi connectivity index (χ4v) is 3.17. The summed E-state index contributed by atoms with van der Waals surface area (Å²) in [6.07, 6.45) is 1.64. The Hall–Kier alpha value is -2.41. The Balaban J connectivity index is 1.73. The third kappa shape index (κ3) is 4.17. The number of hydrogen-bond acceptors (Lipinski definition) is 3. The number of halogens is 2. The Morgan fingerprint density at radius 3 is 3.00 bits per heavy atom. The van der Waals surface area contributed by atoms with E-state index in [1.807, 2.05) is 0 Å². The maximum atomic E-state index is 13.3. The molecule has 132 valence electrons. The molecular weight excluding hydrogens is 347 g/mol. The minimum atomic E-state index is -0.473. The highest BCUT2D eigenvalue weighted by atomic mass is 35.5. The van der Waals surface area contributed by atoms with E-state index in [9.17, 15) is 14.0 Å². The molecule has 2 aromatic rings. The maximum Gasteiger partial charge on any atom is 0.321 e.